The van der Waals surface area contributed by atoms with E-state index < -0.39 is 0 Å². The summed E-state index contributed by atoms with van der Waals surface area (Å²) in [5.41, 5.74) is 1.60. The first-order chi connectivity index (χ1) is 14.3. The lowest BCUT2D eigenvalue weighted by Crippen LogP contribution is -2.16. The van der Waals surface area contributed by atoms with Crippen LogP contribution >= 0.6 is 0 Å². The predicted octanol–water partition coefficient (Wildman–Crippen LogP) is 7.27. The third kappa shape index (κ3) is 9.34. The first kappa shape index (κ1) is 23.3. The molecule has 0 N–H and O–H groups in total. The molecule has 0 bridgehead atoms. The Labute approximate surface area is 177 Å². The van der Waals surface area contributed by atoms with Crippen LogP contribution in [0.2, 0.25) is 0 Å². The zero-order chi connectivity index (χ0) is 20.6. The number of hydrogen-bond donors (Lipinski definition) is 0. The predicted molar refractivity (Wildman–Crippen MR) is 121 cm³/mol. The molecule has 0 saturated heterocycles. The number of hydrogen-bond acceptors (Lipinski definition) is 3. The molecule has 3 heteroatoms. The number of ketones is 1. The molecule has 0 unspecified atom stereocenters. The highest BCUT2D eigenvalue weighted by Gasteiger charge is 2.24. The van der Waals surface area contributed by atoms with Crippen molar-refractivity contribution in [3.8, 4) is 0 Å². The quantitative estimate of drug-likeness (QED) is 0.281. The van der Waals surface area contributed by atoms with Crippen LogP contribution in [0.5, 0.6) is 0 Å². The van der Waals surface area contributed by atoms with Crippen molar-refractivity contribution < 1.29 is 4.79 Å². The molecule has 0 amide bonds. The Bertz CT molecular complexity index is 617. The van der Waals surface area contributed by atoms with Gasteiger partial charge in [0, 0.05) is 18.8 Å². The smallest absolute Gasteiger partial charge is 0.147 e. The number of rotatable bonds is 16. The molecule has 0 aromatic carbocycles. The highest BCUT2D eigenvalue weighted by Crippen LogP contribution is 2.24. The minimum absolute atomic E-state index is 0.231. The van der Waals surface area contributed by atoms with Crippen molar-refractivity contribution in [2.45, 2.75) is 96.3 Å². The second-order valence-electron chi connectivity index (χ2n) is 8.05. The number of pyridine rings is 2. The van der Waals surface area contributed by atoms with Crippen LogP contribution in [0.25, 0.3) is 0 Å². The van der Waals surface area contributed by atoms with Crippen molar-refractivity contribution in [2.24, 2.45) is 0 Å². The van der Waals surface area contributed by atoms with E-state index in [2.05, 4.69) is 16.9 Å². The van der Waals surface area contributed by atoms with E-state index in [0.717, 1.165) is 24.2 Å². The topological polar surface area (TPSA) is 42.9 Å². The van der Waals surface area contributed by atoms with E-state index in [4.69, 9.17) is 0 Å². The molecule has 0 aliphatic heterocycles. The van der Waals surface area contributed by atoms with Crippen LogP contribution in [0.1, 0.15) is 108 Å². The Morgan fingerprint density at radius 1 is 0.690 bits per heavy atom. The molecule has 0 spiro atoms. The third-order valence-electron chi connectivity index (χ3n) is 5.57. The highest BCUT2D eigenvalue weighted by molar-refractivity contribution is 5.88. The second kappa shape index (κ2) is 14.9. The van der Waals surface area contributed by atoms with Gasteiger partial charge in [0.2, 0.25) is 0 Å². The van der Waals surface area contributed by atoms with E-state index in [1.807, 2.05) is 36.4 Å². The van der Waals surface area contributed by atoms with Crippen LogP contribution in [0.4, 0.5) is 0 Å². The largest absolute Gasteiger partial charge is 0.299 e. The van der Waals surface area contributed by atoms with Crippen molar-refractivity contribution >= 4 is 5.78 Å². The maximum atomic E-state index is 12.9. The number of aromatic nitrogens is 2. The lowest BCUT2D eigenvalue weighted by atomic mass is 9.91. The molecule has 0 fully saturated rings. The monoisotopic (exact) mass is 394 g/mol. The lowest BCUT2D eigenvalue weighted by Gasteiger charge is -2.15. The van der Waals surface area contributed by atoms with Gasteiger partial charge in [-0.3, -0.25) is 14.8 Å². The minimum Gasteiger partial charge on any atom is -0.299 e. The summed E-state index contributed by atoms with van der Waals surface area (Å²) in [5.74, 6) is -0.111. The molecule has 2 aromatic rings. The fourth-order valence-electron chi connectivity index (χ4n) is 3.86. The van der Waals surface area contributed by atoms with Gasteiger partial charge in [-0.2, -0.15) is 0 Å². The summed E-state index contributed by atoms with van der Waals surface area (Å²) in [6.45, 7) is 2.27. The molecule has 2 heterocycles. The summed E-state index contributed by atoms with van der Waals surface area (Å²) in [5, 5.41) is 0. The zero-order valence-corrected chi connectivity index (χ0v) is 18.2. The molecule has 0 saturated carbocycles. The average Bonchev–Trinajstić information content (AvgIpc) is 2.76. The van der Waals surface area contributed by atoms with E-state index in [0.29, 0.717) is 6.42 Å². The SMILES string of the molecule is CCCCCCCCCCCCCCC(=O)C(c1ccccn1)c1ccccn1. The number of carbonyl (C=O) groups is 1. The average molecular weight is 395 g/mol. The molecular formula is C26H38N2O. The fourth-order valence-corrected chi connectivity index (χ4v) is 3.86. The van der Waals surface area contributed by atoms with Crippen LogP contribution in [0, 0.1) is 0 Å². The standard InChI is InChI=1S/C26H38N2O/c1-2-3-4-5-6-7-8-9-10-11-12-13-20-25(29)26(23-18-14-16-21-27-23)24-19-15-17-22-28-24/h14-19,21-22,26H,2-13,20H2,1H3. The Kier molecular flexibility index (Phi) is 11.9. The van der Waals surface area contributed by atoms with Crippen LogP contribution in [-0.2, 0) is 4.79 Å². The van der Waals surface area contributed by atoms with E-state index in [1.165, 1.54) is 64.2 Å². The summed E-state index contributed by atoms with van der Waals surface area (Å²) >= 11 is 0. The first-order valence-corrected chi connectivity index (χ1v) is 11.7. The summed E-state index contributed by atoms with van der Waals surface area (Å²) < 4.78 is 0. The molecule has 2 rings (SSSR count). The van der Waals surface area contributed by atoms with E-state index >= 15 is 0 Å². The van der Waals surface area contributed by atoms with Crippen LogP contribution in [0.3, 0.4) is 0 Å². The van der Waals surface area contributed by atoms with Gasteiger partial charge >= 0.3 is 0 Å². The van der Waals surface area contributed by atoms with Crippen molar-refractivity contribution in [3.63, 3.8) is 0 Å². The van der Waals surface area contributed by atoms with Gasteiger partial charge in [0.05, 0.1) is 11.4 Å². The fraction of sp³-hybridized carbons (Fsp3) is 0.577. The van der Waals surface area contributed by atoms with Crippen molar-refractivity contribution in [2.75, 3.05) is 0 Å². The van der Waals surface area contributed by atoms with E-state index in [1.54, 1.807) is 12.4 Å². The van der Waals surface area contributed by atoms with Crippen LogP contribution < -0.4 is 0 Å². The molecule has 29 heavy (non-hydrogen) atoms. The maximum absolute atomic E-state index is 12.9. The number of nitrogens with zero attached hydrogens (tertiary/aromatic N) is 2. The van der Waals surface area contributed by atoms with Gasteiger partial charge in [0.15, 0.2) is 0 Å². The summed E-state index contributed by atoms with van der Waals surface area (Å²) in [7, 11) is 0. The van der Waals surface area contributed by atoms with Crippen LogP contribution in [-0.4, -0.2) is 15.8 Å². The van der Waals surface area contributed by atoms with Gasteiger partial charge in [0.25, 0.3) is 0 Å². The number of unbranched alkanes of at least 4 members (excludes halogenated alkanes) is 11. The zero-order valence-electron chi connectivity index (χ0n) is 18.2. The van der Waals surface area contributed by atoms with E-state index in [9.17, 15) is 4.79 Å². The van der Waals surface area contributed by atoms with Gasteiger partial charge in [-0.15, -0.1) is 0 Å². The van der Waals surface area contributed by atoms with Crippen LogP contribution in [0.15, 0.2) is 48.8 Å². The van der Waals surface area contributed by atoms with Crippen molar-refractivity contribution in [1.82, 2.24) is 9.97 Å². The molecule has 0 aliphatic rings. The van der Waals surface area contributed by atoms with Crippen molar-refractivity contribution in [1.29, 1.82) is 0 Å². The Hall–Kier alpha value is -2.03. The number of carbonyl (C=O) groups excluding carboxylic acids is 1. The molecule has 0 aliphatic carbocycles. The Morgan fingerprint density at radius 2 is 1.14 bits per heavy atom. The Morgan fingerprint density at radius 3 is 1.55 bits per heavy atom. The normalized spacial score (nSPS) is 11.1. The van der Waals surface area contributed by atoms with Gasteiger partial charge < -0.3 is 0 Å². The molecule has 0 radical (unpaired) electrons. The molecule has 158 valence electrons. The third-order valence-corrected chi connectivity index (χ3v) is 5.57. The Balaban J connectivity index is 1.64. The lowest BCUT2D eigenvalue weighted by molar-refractivity contribution is -0.119. The first-order valence-electron chi connectivity index (χ1n) is 11.7. The van der Waals surface area contributed by atoms with Gasteiger partial charge in [-0.1, -0.05) is 89.7 Å². The summed E-state index contributed by atoms with van der Waals surface area (Å²) in [6, 6.07) is 11.5. The molecule has 0 atom stereocenters. The minimum atomic E-state index is -0.342. The summed E-state index contributed by atoms with van der Waals surface area (Å²) in [4.78, 5) is 21.8. The molecule has 3 nitrogen and oxygen atoms in total. The summed E-state index contributed by atoms with van der Waals surface area (Å²) in [6.07, 6.45) is 19.8. The van der Waals surface area contributed by atoms with Gasteiger partial charge in [-0.05, 0) is 30.7 Å². The van der Waals surface area contributed by atoms with Gasteiger partial charge in [0.1, 0.15) is 11.7 Å². The number of Topliss-reactive ketones (excluding diaryl/α,β-unsaturated/α-hetero) is 1. The van der Waals surface area contributed by atoms with Crippen molar-refractivity contribution in [3.05, 3.63) is 60.2 Å². The molecule has 2 aromatic heterocycles. The van der Waals surface area contributed by atoms with E-state index in [-0.39, 0.29) is 11.7 Å². The van der Waals surface area contributed by atoms with Gasteiger partial charge in [-0.25, -0.2) is 0 Å². The highest BCUT2D eigenvalue weighted by atomic mass is 16.1. The second-order valence-corrected chi connectivity index (χ2v) is 8.05. The molecular weight excluding hydrogens is 356 g/mol. The maximum Gasteiger partial charge on any atom is 0.147 e.